The summed E-state index contributed by atoms with van der Waals surface area (Å²) in [5.41, 5.74) is 0. The third-order valence-electron chi connectivity index (χ3n) is 2.47. The van der Waals surface area contributed by atoms with E-state index in [1.54, 1.807) is 0 Å². The molecule has 1 atom stereocenters. The topological polar surface area (TPSA) is 3.24 Å². The summed E-state index contributed by atoms with van der Waals surface area (Å²) in [5.74, 6) is 0. The van der Waals surface area contributed by atoms with Crippen LogP contribution in [0.1, 0.15) is 59.8 Å². The molecule has 13 heavy (non-hydrogen) atoms. The van der Waals surface area contributed by atoms with Gasteiger partial charge in [-0.05, 0) is 39.3 Å². The summed E-state index contributed by atoms with van der Waals surface area (Å²) in [4.78, 5) is 2.61. The van der Waals surface area contributed by atoms with E-state index in [2.05, 4.69) is 32.6 Å². The molecule has 0 amide bonds. The molecule has 1 saturated heterocycles. The van der Waals surface area contributed by atoms with E-state index in [9.17, 15) is 0 Å². The molecular formula is C12H27N. The van der Waals surface area contributed by atoms with E-state index in [-0.39, 0.29) is 0 Å². The van der Waals surface area contributed by atoms with Crippen molar-refractivity contribution in [1.82, 2.24) is 4.90 Å². The minimum atomic E-state index is 0.840. The van der Waals surface area contributed by atoms with Gasteiger partial charge in [-0.3, -0.25) is 0 Å². The van der Waals surface area contributed by atoms with Crippen LogP contribution in [-0.4, -0.2) is 24.0 Å². The molecule has 1 unspecified atom stereocenters. The first-order valence-electron chi connectivity index (χ1n) is 6.00. The monoisotopic (exact) mass is 185 g/mol. The number of hydrogen-bond acceptors (Lipinski definition) is 1. The van der Waals surface area contributed by atoms with Crippen molar-refractivity contribution >= 4 is 0 Å². The van der Waals surface area contributed by atoms with Gasteiger partial charge in [-0.15, -0.1) is 0 Å². The van der Waals surface area contributed by atoms with E-state index in [4.69, 9.17) is 0 Å². The molecule has 1 nitrogen and oxygen atoms in total. The fourth-order valence-corrected chi connectivity index (χ4v) is 1.78. The van der Waals surface area contributed by atoms with Gasteiger partial charge in [0.15, 0.2) is 0 Å². The number of likely N-dealkylation sites (tertiary alicyclic amines) is 1. The second-order valence-electron chi connectivity index (χ2n) is 4.09. The standard InChI is InChI=1S/C9H19N.C3H8/c1-3-6-9(2)10-7-4-5-8-10;1-3-2/h9H,3-8H2,1-2H3;3H2,1-2H3. The summed E-state index contributed by atoms with van der Waals surface area (Å²) in [6, 6.07) is 0.840. The van der Waals surface area contributed by atoms with Gasteiger partial charge < -0.3 is 4.90 Å². The predicted octanol–water partition coefficient (Wildman–Crippen LogP) is 3.69. The van der Waals surface area contributed by atoms with Gasteiger partial charge in [0.05, 0.1) is 0 Å². The number of hydrogen-bond donors (Lipinski definition) is 0. The molecule has 80 valence electrons. The first-order chi connectivity index (χ1) is 6.26. The van der Waals surface area contributed by atoms with Gasteiger partial charge >= 0.3 is 0 Å². The third kappa shape index (κ3) is 6.09. The van der Waals surface area contributed by atoms with E-state index in [0.717, 1.165) is 6.04 Å². The van der Waals surface area contributed by atoms with E-state index in [1.165, 1.54) is 45.2 Å². The Kier molecular flexibility index (Phi) is 8.53. The van der Waals surface area contributed by atoms with Crippen molar-refractivity contribution in [3.8, 4) is 0 Å². The molecule has 1 heteroatoms. The molecule has 0 aromatic carbocycles. The molecule has 1 fully saturated rings. The van der Waals surface area contributed by atoms with Crippen LogP contribution in [0.15, 0.2) is 0 Å². The zero-order chi connectivity index (χ0) is 10.1. The summed E-state index contributed by atoms with van der Waals surface area (Å²) in [7, 11) is 0. The fourth-order valence-electron chi connectivity index (χ4n) is 1.78. The zero-order valence-corrected chi connectivity index (χ0v) is 9.97. The van der Waals surface area contributed by atoms with Crippen LogP contribution in [-0.2, 0) is 0 Å². The van der Waals surface area contributed by atoms with Crippen LogP contribution in [0.4, 0.5) is 0 Å². The summed E-state index contributed by atoms with van der Waals surface area (Å²) in [6.07, 6.45) is 6.81. The quantitative estimate of drug-likeness (QED) is 0.648. The first-order valence-corrected chi connectivity index (χ1v) is 6.00. The second kappa shape index (κ2) is 8.55. The Morgan fingerprint density at radius 2 is 1.54 bits per heavy atom. The Balaban J connectivity index is 0.000000424. The first kappa shape index (κ1) is 13.0. The van der Waals surface area contributed by atoms with Crippen molar-refractivity contribution in [1.29, 1.82) is 0 Å². The largest absolute Gasteiger partial charge is 0.301 e. The number of rotatable bonds is 3. The van der Waals surface area contributed by atoms with Crippen LogP contribution < -0.4 is 0 Å². The van der Waals surface area contributed by atoms with Gasteiger partial charge in [-0.1, -0.05) is 33.6 Å². The van der Waals surface area contributed by atoms with Gasteiger partial charge in [-0.25, -0.2) is 0 Å². The van der Waals surface area contributed by atoms with Gasteiger partial charge in [0.2, 0.25) is 0 Å². The molecule has 0 N–H and O–H groups in total. The van der Waals surface area contributed by atoms with Gasteiger partial charge in [-0.2, -0.15) is 0 Å². The van der Waals surface area contributed by atoms with E-state index in [1.807, 2.05) is 0 Å². The maximum Gasteiger partial charge on any atom is 0.00668 e. The van der Waals surface area contributed by atoms with Crippen LogP contribution in [0.3, 0.4) is 0 Å². The maximum absolute atomic E-state index is 2.61. The molecule has 0 saturated carbocycles. The van der Waals surface area contributed by atoms with Crippen LogP contribution >= 0.6 is 0 Å². The van der Waals surface area contributed by atoms with E-state index in [0.29, 0.717) is 0 Å². The normalized spacial score (nSPS) is 19.4. The van der Waals surface area contributed by atoms with Crippen molar-refractivity contribution in [2.24, 2.45) is 0 Å². The SMILES string of the molecule is CCC.CCCC(C)N1CCCC1. The van der Waals surface area contributed by atoms with E-state index < -0.39 is 0 Å². The van der Waals surface area contributed by atoms with Crippen LogP contribution in [0.5, 0.6) is 0 Å². The Bertz CT molecular complexity index is 95.3. The van der Waals surface area contributed by atoms with Crippen molar-refractivity contribution in [2.45, 2.75) is 65.8 Å². The third-order valence-corrected chi connectivity index (χ3v) is 2.47. The molecule has 1 heterocycles. The van der Waals surface area contributed by atoms with Crippen molar-refractivity contribution < 1.29 is 0 Å². The van der Waals surface area contributed by atoms with Crippen molar-refractivity contribution in [3.63, 3.8) is 0 Å². The molecule has 0 aromatic heterocycles. The molecule has 1 rings (SSSR count). The summed E-state index contributed by atoms with van der Waals surface area (Å²) in [5, 5.41) is 0. The van der Waals surface area contributed by atoms with Gasteiger partial charge in [0, 0.05) is 6.04 Å². The van der Waals surface area contributed by atoms with Gasteiger partial charge in [0.25, 0.3) is 0 Å². The highest BCUT2D eigenvalue weighted by Crippen LogP contribution is 2.14. The van der Waals surface area contributed by atoms with Crippen LogP contribution in [0, 0.1) is 0 Å². The lowest BCUT2D eigenvalue weighted by Gasteiger charge is -2.22. The average molecular weight is 185 g/mol. The highest BCUT2D eigenvalue weighted by molar-refractivity contribution is 4.71. The maximum atomic E-state index is 2.61. The molecule has 0 aliphatic carbocycles. The minimum Gasteiger partial charge on any atom is -0.301 e. The Morgan fingerprint density at radius 1 is 1.08 bits per heavy atom. The second-order valence-corrected chi connectivity index (χ2v) is 4.09. The lowest BCUT2D eigenvalue weighted by Crippen LogP contribution is -2.29. The number of nitrogens with zero attached hydrogens (tertiary/aromatic N) is 1. The average Bonchev–Trinajstić information content (AvgIpc) is 2.58. The Hall–Kier alpha value is -0.0400. The molecule has 0 spiro atoms. The molecule has 1 aliphatic heterocycles. The molecule has 0 aromatic rings. The Morgan fingerprint density at radius 3 is 1.92 bits per heavy atom. The highest BCUT2D eigenvalue weighted by atomic mass is 15.2. The fraction of sp³-hybridized carbons (Fsp3) is 1.00. The lowest BCUT2D eigenvalue weighted by atomic mass is 10.2. The summed E-state index contributed by atoms with van der Waals surface area (Å²) < 4.78 is 0. The molecular weight excluding hydrogens is 158 g/mol. The Labute approximate surface area is 84.5 Å². The smallest absolute Gasteiger partial charge is 0.00668 e. The van der Waals surface area contributed by atoms with Gasteiger partial charge in [0.1, 0.15) is 0 Å². The predicted molar refractivity (Wildman–Crippen MR) is 61.1 cm³/mol. The molecule has 0 radical (unpaired) electrons. The zero-order valence-electron chi connectivity index (χ0n) is 9.97. The van der Waals surface area contributed by atoms with Crippen molar-refractivity contribution in [2.75, 3.05) is 13.1 Å². The van der Waals surface area contributed by atoms with Crippen LogP contribution in [0.2, 0.25) is 0 Å². The summed E-state index contributed by atoms with van der Waals surface area (Å²) in [6.45, 7) is 11.6. The van der Waals surface area contributed by atoms with Crippen molar-refractivity contribution in [3.05, 3.63) is 0 Å². The highest BCUT2D eigenvalue weighted by Gasteiger charge is 2.16. The molecule has 0 bridgehead atoms. The molecule has 1 aliphatic rings. The van der Waals surface area contributed by atoms with E-state index >= 15 is 0 Å². The lowest BCUT2D eigenvalue weighted by molar-refractivity contribution is 0.246. The minimum absolute atomic E-state index is 0.840. The summed E-state index contributed by atoms with van der Waals surface area (Å²) >= 11 is 0. The van der Waals surface area contributed by atoms with Crippen LogP contribution in [0.25, 0.3) is 0 Å².